The molecule has 1 atom stereocenters. The van der Waals surface area contributed by atoms with Crippen LogP contribution in [0.2, 0.25) is 15.1 Å². The van der Waals surface area contributed by atoms with Gasteiger partial charge in [-0.1, -0.05) is 40.9 Å². The van der Waals surface area contributed by atoms with Crippen molar-refractivity contribution in [3.63, 3.8) is 0 Å². The van der Waals surface area contributed by atoms with Crippen molar-refractivity contribution >= 4 is 34.8 Å². The summed E-state index contributed by atoms with van der Waals surface area (Å²) in [5.41, 5.74) is 1.74. The fourth-order valence-electron chi connectivity index (χ4n) is 3.12. The van der Waals surface area contributed by atoms with E-state index in [0.717, 1.165) is 31.6 Å². The van der Waals surface area contributed by atoms with Crippen molar-refractivity contribution in [1.82, 2.24) is 5.32 Å². The zero-order valence-electron chi connectivity index (χ0n) is 15.8. The van der Waals surface area contributed by atoms with Crippen molar-refractivity contribution in [3.05, 3.63) is 56.5 Å². The summed E-state index contributed by atoms with van der Waals surface area (Å²) in [6.07, 6.45) is 2.54. The maximum absolute atomic E-state index is 6.50. The van der Waals surface area contributed by atoms with Gasteiger partial charge in [0, 0.05) is 35.3 Å². The molecule has 3 rings (SSSR count). The summed E-state index contributed by atoms with van der Waals surface area (Å²) in [6.45, 7) is 4.99. The lowest BCUT2D eigenvalue weighted by atomic mass is 10.2. The Morgan fingerprint density at radius 1 is 1.11 bits per heavy atom. The fourth-order valence-corrected chi connectivity index (χ4v) is 3.92. The number of ether oxygens (including phenoxy) is 3. The quantitative estimate of drug-likeness (QED) is 0.523. The first-order valence-corrected chi connectivity index (χ1v) is 10.5. The van der Waals surface area contributed by atoms with Gasteiger partial charge in [0.2, 0.25) is 0 Å². The third kappa shape index (κ3) is 5.68. The van der Waals surface area contributed by atoms with E-state index in [9.17, 15) is 0 Å². The molecule has 1 unspecified atom stereocenters. The van der Waals surface area contributed by atoms with Gasteiger partial charge in [0.05, 0.1) is 17.7 Å². The molecule has 0 bridgehead atoms. The molecule has 1 aliphatic rings. The molecule has 28 heavy (non-hydrogen) atoms. The molecule has 1 saturated heterocycles. The first-order chi connectivity index (χ1) is 13.6. The number of hydrogen-bond acceptors (Lipinski definition) is 4. The van der Waals surface area contributed by atoms with E-state index in [1.807, 2.05) is 19.1 Å². The Balaban J connectivity index is 1.69. The summed E-state index contributed by atoms with van der Waals surface area (Å²) in [7, 11) is 0. The van der Waals surface area contributed by atoms with Gasteiger partial charge < -0.3 is 19.5 Å². The number of halogens is 3. The molecule has 0 amide bonds. The Morgan fingerprint density at radius 3 is 2.57 bits per heavy atom. The van der Waals surface area contributed by atoms with E-state index in [1.165, 1.54) is 0 Å². The maximum Gasteiger partial charge on any atom is 0.180 e. The molecule has 4 nitrogen and oxygen atoms in total. The minimum atomic E-state index is 0.203. The predicted octanol–water partition coefficient (Wildman–Crippen LogP) is 5.89. The molecule has 0 radical (unpaired) electrons. The maximum atomic E-state index is 6.50. The van der Waals surface area contributed by atoms with Crippen molar-refractivity contribution in [1.29, 1.82) is 0 Å². The van der Waals surface area contributed by atoms with Crippen LogP contribution in [-0.2, 0) is 17.9 Å². The molecule has 0 aliphatic carbocycles. The average molecular weight is 445 g/mol. The smallest absolute Gasteiger partial charge is 0.180 e. The molecular weight excluding hydrogens is 421 g/mol. The van der Waals surface area contributed by atoms with Crippen LogP contribution in [0.1, 0.15) is 30.9 Å². The Morgan fingerprint density at radius 2 is 1.89 bits per heavy atom. The van der Waals surface area contributed by atoms with Gasteiger partial charge in [-0.25, -0.2) is 0 Å². The fraction of sp³-hybridized carbons (Fsp3) is 0.429. The van der Waals surface area contributed by atoms with E-state index in [-0.39, 0.29) is 6.61 Å². The van der Waals surface area contributed by atoms with Crippen LogP contribution < -0.4 is 14.8 Å². The highest BCUT2D eigenvalue weighted by Crippen LogP contribution is 2.38. The van der Waals surface area contributed by atoms with Crippen LogP contribution in [0.15, 0.2) is 30.3 Å². The molecule has 152 valence electrons. The lowest BCUT2D eigenvalue weighted by molar-refractivity contribution is 0.110. The molecule has 1 fully saturated rings. The van der Waals surface area contributed by atoms with E-state index in [0.29, 0.717) is 51.4 Å². The van der Waals surface area contributed by atoms with Crippen LogP contribution in [0, 0.1) is 0 Å². The SMILES string of the molecule is CCOc1cc(CNCC2CCCO2)cc(Cl)c1OCc1c(Cl)cccc1Cl. The van der Waals surface area contributed by atoms with Gasteiger partial charge in [0.15, 0.2) is 11.5 Å². The molecule has 0 aromatic heterocycles. The topological polar surface area (TPSA) is 39.7 Å². The molecule has 7 heteroatoms. The van der Waals surface area contributed by atoms with E-state index in [2.05, 4.69) is 5.32 Å². The predicted molar refractivity (Wildman–Crippen MR) is 114 cm³/mol. The van der Waals surface area contributed by atoms with Crippen molar-refractivity contribution in [2.24, 2.45) is 0 Å². The number of hydrogen-bond donors (Lipinski definition) is 1. The molecule has 1 N–H and O–H groups in total. The highest BCUT2D eigenvalue weighted by molar-refractivity contribution is 6.36. The lowest BCUT2D eigenvalue weighted by Crippen LogP contribution is -2.25. The third-order valence-electron chi connectivity index (χ3n) is 4.52. The number of nitrogens with one attached hydrogen (secondary N) is 1. The van der Waals surface area contributed by atoms with Crippen LogP contribution in [0.4, 0.5) is 0 Å². The minimum absolute atomic E-state index is 0.203. The highest BCUT2D eigenvalue weighted by atomic mass is 35.5. The van der Waals surface area contributed by atoms with Gasteiger partial charge in [-0.05, 0) is 49.6 Å². The van der Waals surface area contributed by atoms with Crippen molar-refractivity contribution in [2.75, 3.05) is 19.8 Å². The summed E-state index contributed by atoms with van der Waals surface area (Å²) in [6, 6.07) is 9.18. The van der Waals surface area contributed by atoms with Gasteiger partial charge in [-0.15, -0.1) is 0 Å². The molecule has 1 heterocycles. The zero-order valence-corrected chi connectivity index (χ0v) is 18.0. The van der Waals surface area contributed by atoms with E-state index >= 15 is 0 Å². The Labute approximate surface area is 181 Å². The largest absolute Gasteiger partial charge is 0.490 e. The minimum Gasteiger partial charge on any atom is -0.490 e. The summed E-state index contributed by atoms with van der Waals surface area (Å²) in [5.74, 6) is 1.09. The molecule has 0 saturated carbocycles. The van der Waals surface area contributed by atoms with Gasteiger partial charge in [-0.3, -0.25) is 0 Å². The third-order valence-corrected chi connectivity index (χ3v) is 5.51. The molecule has 1 aliphatic heterocycles. The van der Waals surface area contributed by atoms with Crippen LogP contribution in [0.25, 0.3) is 0 Å². The summed E-state index contributed by atoms with van der Waals surface area (Å²) in [5, 5.41) is 5.01. The second-order valence-electron chi connectivity index (χ2n) is 6.59. The van der Waals surface area contributed by atoms with Crippen molar-refractivity contribution < 1.29 is 14.2 Å². The van der Waals surface area contributed by atoms with Gasteiger partial charge >= 0.3 is 0 Å². The molecule has 2 aromatic carbocycles. The van der Waals surface area contributed by atoms with Gasteiger partial charge in [-0.2, -0.15) is 0 Å². The monoisotopic (exact) mass is 443 g/mol. The first-order valence-electron chi connectivity index (χ1n) is 9.41. The van der Waals surface area contributed by atoms with E-state index in [1.54, 1.807) is 18.2 Å². The van der Waals surface area contributed by atoms with Crippen molar-refractivity contribution in [2.45, 2.75) is 39.0 Å². The normalized spacial score (nSPS) is 16.4. The Hall–Kier alpha value is -1.17. The highest BCUT2D eigenvalue weighted by Gasteiger charge is 2.17. The van der Waals surface area contributed by atoms with Crippen LogP contribution in [0.5, 0.6) is 11.5 Å². The molecule has 0 spiro atoms. The Kier molecular flexibility index (Phi) is 8.12. The summed E-state index contributed by atoms with van der Waals surface area (Å²) >= 11 is 18.9. The van der Waals surface area contributed by atoms with Crippen LogP contribution >= 0.6 is 34.8 Å². The number of rotatable bonds is 9. The van der Waals surface area contributed by atoms with E-state index in [4.69, 9.17) is 49.0 Å². The van der Waals surface area contributed by atoms with E-state index < -0.39 is 0 Å². The van der Waals surface area contributed by atoms with Crippen LogP contribution in [0.3, 0.4) is 0 Å². The second-order valence-corrected chi connectivity index (χ2v) is 7.81. The van der Waals surface area contributed by atoms with Crippen LogP contribution in [-0.4, -0.2) is 25.9 Å². The molecule has 2 aromatic rings. The average Bonchev–Trinajstić information content (AvgIpc) is 3.17. The number of benzene rings is 2. The summed E-state index contributed by atoms with van der Waals surface area (Å²) in [4.78, 5) is 0. The van der Waals surface area contributed by atoms with Gasteiger partial charge in [0.25, 0.3) is 0 Å². The van der Waals surface area contributed by atoms with Gasteiger partial charge in [0.1, 0.15) is 6.61 Å². The van der Waals surface area contributed by atoms with Crippen molar-refractivity contribution in [3.8, 4) is 11.5 Å². The second kappa shape index (κ2) is 10.6. The first kappa shape index (κ1) is 21.5. The zero-order chi connectivity index (χ0) is 19.9. The molecular formula is C21H24Cl3NO3. The lowest BCUT2D eigenvalue weighted by Gasteiger charge is -2.17. The standard InChI is InChI=1S/C21H24Cl3NO3/c1-2-26-20-10-14(11-25-12-15-5-4-8-27-15)9-19(24)21(20)28-13-16-17(22)6-3-7-18(16)23/h3,6-7,9-10,15,25H,2,4-5,8,11-13H2,1H3. The summed E-state index contributed by atoms with van der Waals surface area (Å²) < 4.78 is 17.3. The Bertz CT molecular complexity index is 774.